The highest BCUT2D eigenvalue weighted by Crippen LogP contribution is 2.31. The normalized spacial score (nSPS) is 21.1. The summed E-state index contributed by atoms with van der Waals surface area (Å²) in [5.41, 5.74) is 6.45. The van der Waals surface area contributed by atoms with Gasteiger partial charge in [0.1, 0.15) is 5.75 Å². The Hall–Kier alpha value is -1.21. The number of hydrogen-bond donors (Lipinski definition) is 2. The molecule has 1 aromatic carbocycles. The first-order valence-electron chi connectivity index (χ1n) is 4.44. The fourth-order valence-corrected chi connectivity index (χ4v) is 3.22. The van der Waals surface area contributed by atoms with E-state index in [9.17, 15) is 13.2 Å². The minimum absolute atomic E-state index is 0.0776. The number of nitrogens with two attached hydrogens (primary N) is 1. The van der Waals surface area contributed by atoms with Crippen molar-refractivity contribution in [2.45, 2.75) is 9.79 Å². The minimum Gasteiger partial charge on any atom is -0.398 e. The van der Waals surface area contributed by atoms with Crippen molar-refractivity contribution in [3.05, 3.63) is 12.1 Å². The van der Waals surface area contributed by atoms with Crippen LogP contribution in [0.2, 0.25) is 0 Å². The first-order chi connectivity index (χ1) is 7.49. The van der Waals surface area contributed by atoms with Crippen molar-refractivity contribution in [1.82, 2.24) is 0 Å². The third kappa shape index (κ3) is 1.88. The van der Waals surface area contributed by atoms with Crippen LogP contribution < -0.4 is 11.1 Å². The third-order valence-corrected chi connectivity index (χ3v) is 4.52. The van der Waals surface area contributed by atoms with Gasteiger partial charge in [0, 0.05) is 22.0 Å². The van der Waals surface area contributed by atoms with E-state index in [-0.39, 0.29) is 11.7 Å². The zero-order valence-electron chi connectivity index (χ0n) is 8.48. The highest BCUT2D eigenvalue weighted by molar-refractivity contribution is 7.86. The molecule has 86 valence electrons. The van der Waals surface area contributed by atoms with Crippen LogP contribution in [0.3, 0.4) is 0 Å². The summed E-state index contributed by atoms with van der Waals surface area (Å²) in [6.45, 7) is 0. The molecule has 0 bridgehead atoms. The number of rotatable bonds is 1. The van der Waals surface area contributed by atoms with Crippen LogP contribution in [0, 0.1) is 0 Å². The monoisotopic (exact) mass is 258 g/mol. The molecule has 0 fully saturated rings. The van der Waals surface area contributed by atoms with Gasteiger partial charge < -0.3 is 11.1 Å². The van der Waals surface area contributed by atoms with Crippen LogP contribution in [0.5, 0.6) is 0 Å². The summed E-state index contributed by atoms with van der Waals surface area (Å²) in [7, 11) is -2.60. The molecule has 3 N–H and O–H groups in total. The number of carbonyl (C=O) groups is 1. The Morgan fingerprint density at radius 3 is 2.81 bits per heavy atom. The molecule has 2 rings (SSSR count). The molecule has 1 heterocycles. The van der Waals surface area contributed by atoms with Gasteiger partial charge in [-0.2, -0.15) is 0 Å². The molecular weight excluding hydrogens is 248 g/mol. The molecular formula is C9H10N2O3S2. The van der Waals surface area contributed by atoms with Gasteiger partial charge in [-0.25, -0.2) is 0 Å². The van der Waals surface area contributed by atoms with Crippen molar-refractivity contribution in [1.29, 1.82) is 0 Å². The molecule has 5 nitrogen and oxygen atoms in total. The molecule has 1 amide bonds. The van der Waals surface area contributed by atoms with Gasteiger partial charge in [0.05, 0.1) is 27.1 Å². The molecule has 2 unspecified atom stereocenters. The first-order valence-corrected chi connectivity index (χ1v) is 7.32. The van der Waals surface area contributed by atoms with E-state index in [0.29, 0.717) is 21.2 Å². The van der Waals surface area contributed by atoms with Crippen molar-refractivity contribution in [2.24, 2.45) is 0 Å². The summed E-state index contributed by atoms with van der Waals surface area (Å²) >= 11 is 0. The number of carbonyl (C=O) groups excluding carboxylic acids is 1. The second kappa shape index (κ2) is 3.99. The number of anilines is 2. The van der Waals surface area contributed by atoms with E-state index in [1.54, 1.807) is 6.07 Å². The predicted molar refractivity (Wildman–Crippen MR) is 63.1 cm³/mol. The molecule has 0 aliphatic carbocycles. The smallest absolute Gasteiger partial charge is 0.237 e. The fourth-order valence-electron chi connectivity index (χ4n) is 1.51. The van der Waals surface area contributed by atoms with Gasteiger partial charge in [0.25, 0.3) is 0 Å². The largest absolute Gasteiger partial charge is 0.398 e. The fraction of sp³-hybridized carbons (Fsp3) is 0.222. The average molecular weight is 258 g/mol. The molecule has 0 radical (unpaired) electrons. The average Bonchev–Trinajstić information content (AvgIpc) is 2.15. The van der Waals surface area contributed by atoms with Crippen molar-refractivity contribution in [2.75, 3.05) is 23.1 Å². The third-order valence-electron chi connectivity index (χ3n) is 2.19. The lowest BCUT2D eigenvalue weighted by atomic mass is 10.2. The van der Waals surface area contributed by atoms with Gasteiger partial charge in [0.2, 0.25) is 5.91 Å². The lowest BCUT2D eigenvalue weighted by Crippen LogP contribution is -2.26. The van der Waals surface area contributed by atoms with Gasteiger partial charge in [-0.05, 0) is 12.1 Å². The van der Waals surface area contributed by atoms with Crippen molar-refractivity contribution in [3.8, 4) is 0 Å². The standard InChI is InChI=1S/C9H10N2O3S2/c1-15(13)5-2-6(10)9-7(3-5)11-8(12)4-16(9)14/h2-3H,4,10H2,1H3,(H,11,12). The van der Waals surface area contributed by atoms with Gasteiger partial charge in [-0.1, -0.05) is 0 Å². The molecule has 7 heteroatoms. The maximum atomic E-state index is 11.7. The highest BCUT2D eigenvalue weighted by Gasteiger charge is 2.24. The van der Waals surface area contributed by atoms with Crippen LogP contribution in [0.1, 0.15) is 0 Å². The van der Waals surface area contributed by atoms with Crippen molar-refractivity contribution < 1.29 is 13.2 Å². The van der Waals surface area contributed by atoms with Crippen LogP contribution in [0.25, 0.3) is 0 Å². The molecule has 1 aliphatic heterocycles. The van der Waals surface area contributed by atoms with E-state index in [1.165, 1.54) is 12.3 Å². The quantitative estimate of drug-likeness (QED) is 0.697. The molecule has 0 saturated carbocycles. The summed E-state index contributed by atoms with van der Waals surface area (Å²) in [6, 6.07) is 3.08. The summed E-state index contributed by atoms with van der Waals surface area (Å²) < 4.78 is 23.0. The number of nitrogens with one attached hydrogen (secondary N) is 1. The second-order valence-corrected chi connectivity index (χ2v) is 6.15. The molecule has 0 saturated heterocycles. The zero-order valence-corrected chi connectivity index (χ0v) is 10.1. The summed E-state index contributed by atoms with van der Waals surface area (Å²) in [4.78, 5) is 12.1. The maximum Gasteiger partial charge on any atom is 0.237 e. The second-order valence-electron chi connectivity index (χ2n) is 3.38. The Labute approximate surface area is 97.3 Å². The lowest BCUT2D eigenvalue weighted by molar-refractivity contribution is -0.113. The maximum absolute atomic E-state index is 11.7. The Morgan fingerprint density at radius 2 is 2.19 bits per heavy atom. The Kier molecular flexibility index (Phi) is 2.81. The molecule has 2 atom stereocenters. The Morgan fingerprint density at radius 1 is 1.50 bits per heavy atom. The molecule has 1 aromatic rings. The van der Waals surface area contributed by atoms with E-state index < -0.39 is 21.6 Å². The van der Waals surface area contributed by atoms with Gasteiger partial charge in [-0.3, -0.25) is 13.2 Å². The Balaban J connectivity index is 2.63. The summed E-state index contributed by atoms with van der Waals surface area (Å²) in [5.74, 6) is -0.393. The van der Waals surface area contributed by atoms with Crippen molar-refractivity contribution in [3.63, 3.8) is 0 Å². The summed E-state index contributed by atoms with van der Waals surface area (Å²) in [5, 5.41) is 2.58. The molecule has 0 aromatic heterocycles. The first kappa shape index (κ1) is 11.3. The van der Waals surface area contributed by atoms with Crippen LogP contribution in [0.15, 0.2) is 21.9 Å². The van der Waals surface area contributed by atoms with Crippen LogP contribution in [-0.2, 0) is 26.4 Å². The lowest BCUT2D eigenvalue weighted by Gasteiger charge is -2.18. The molecule has 16 heavy (non-hydrogen) atoms. The van der Waals surface area contributed by atoms with E-state index in [2.05, 4.69) is 5.32 Å². The SMILES string of the molecule is CS(=O)c1cc(N)c2c(c1)NC(=O)CS2=O. The number of amides is 1. The van der Waals surface area contributed by atoms with Crippen LogP contribution >= 0.6 is 0 Å². The highest BCUT2D eigenvalue weighted by atomic mass is 32.2. The van der Waals surface area contributed by atoms with Crippen LogP contribution in [0.4, 0.5) is 11.4 Å². The number of fused-ring (bicyclic) bond motifs is 1. The van der Waals surface area contributed by atoms with E-state index in [4.69, 9.17) is 5.73 Å². The number of nitrogen functional groups attached to an aromatic ring is 1. The zero-order chi connectivity index (χ0) is 11.9. The minimum atomic E-state index is -1.41. The molecule has 0 spiro atoms. The number of hydrogen-bond acceptors (Lipinski definition) is 4. The predicted octanol–water partition coefficient (Wildman–Crippen LogP) is 0.0659. The van der Waals surface area contributed by atoms with Crippen LogP contribution in [-0.4, -0.2) is 26.3 Å². The number of benzene rings is 1. The van der Waals surface area contributed by atoms with E-state index >= 15 is 0 Å². The van der Waals surface area contributed by atoms with Gasteiger partial charge in [0.15, 0.2) is 0 Å². The Bertz CT molecular complexity index is 528. The van der Waals surface area contributed by atoms with Crippen molar-refractivity contribution >= 4 is 38.9 Å². The van der Waals surface area contributed by atoms with Gasteiger partial charge >= 0.3 is 0 Å². The topological polar surface area (TPSA) is 89.3 Å². The summed E-state index contributed by atoms with van der Waals surface area (Å²) in [6.07, 6.45) is 1.52. The van der Waals surface area contributed by atoms with E-state index in [0.717, 1.165) is 0 Å². The molecule has 1 aliphatic rings. The van der Waals surface area contributed by atoms with E-state index in [1.807, 2.05) is 0 Å². The van der Waals surface area contributed by atoms with Gasteiger partial charge in [-0.15, -0.1) is 0 Å².